The van der Waals surface area contributed by atoms with Crippen LogP contribution in [0.1, 0.15) is 36.0 Å². The van der Waals surface area contributed by atoms with Gasteiger partial charge in [-0.25, -0.2) is 16.1 Å². The number of carbonyl (C=O) groups is 2. The van der Waals surface area contributed by atoms with Gasteiger partial charge in [0.25, 0.3) is 5.91 Å². The number of fused-ring (bicyclic) bond motifs is 1. The van der Waals surface area contributed by atoms with Crippen molar-refractivity contribution in [1.29, 1.82) is 0 Å². The van der Waals surface area contributed by atoms with Crippen LogP contribution in [0.15, 0.2) is 49.1 Å². The summed E-state index contributed by atoms with van der Waals surface area (Å²) in [6, 6.07) is 6.27. The van der Waals surface area contributed by atoms with Crippen molar-refractivity contribution in [3.63, 3.8) is 0 Å². The minimum absolute atomic E-state index is 0.0975. The van der Waals surface area contributed by atoms with Crippen molar-refractivity contribution in [2.75, 3.05) is 31.5 Å². The van der Waals surface area contributed by atoms with E-state index in [1.54, 1.807) is 17.2 Å². The first-order valence-corrected chi connectivity index (χ1v) is 15.0. The maximum absolute atomic E-state index is 13.4. The Morgan fingerprint density at radius 3 is 2.67 bits per heavy atom. The van der Waals surface area contributed by atoms with Crippen molar-refractivity contribution >= 4 is 34.7 Å². The van der Waals surface area contributed by atoms with E-state index in [1.807, 2.05) is 0 Å². The largest absolute Gasteiger partial charge is 0.434 e. The van der Waals surface area contributed by atoms with Crippen molar-refractivity contribution < 1.29 is 23.1 Å². The van der Waals surface area contributed by atoms with Crippen LogP contribution in [0.3, 0.4) is 0 Å². The summed E-state index contributed by atoms with van der Waals surface area (Å²) in [6.45, 7) is 7.01. The molecule has 0 atom stereocenters. The number of amides is 2. The minimum Gasteiger partial charge on any atom is -0.434 e. The molecule has 2 fully saturated rings. The van der Waals surface area contributed by atoms with Gasteiger partial charge in [-0.05, 0) is 37.1 Å². The number of likely N-dealkylation sites (tertiary alicyclic amines) is 2. The maximum atomic E-state index is 13.4. The Bertz CT molecular complexity index is 1740. The van der Waals surface area contributed by atoms with Crippen molar-refractivity contribution in [3.8, 4) is 17.0 Å². The van der Waals surface area contributed by atoms with Gasteiger partial charge in [0, 0.05) is 74.2 Å². The number of hydrogen-bond donors (Lipinski definition) is 1. The van der Waals surface area contributed by atoms with E-state index in [-0.39, 0.29) is 51.8 Å². The summed E-state index contributed by atoms with van der Waals surface area (Å²) in [6.07, 6.45) is 9.46. The van der Waals surface area contributed by atoms with Crippen LogP contribution in [0.5, 0.6) is 5.75 Å². The van der Waals surface area contributed by atoms with E-state index in [0.717, 1.165) is 38.8 Å². The fourth-order valence-corrected chi connectivity index (χ4v) is 6.13. The molecule has 0 bridgehead atoms. The molecular weight excluding hydrogens is 608 g/mol. The predicted molar refractivity (Wildman–Crippen MR) is 161 cm³/mol. The average Bonchev–Trinajstić information content (AvgIpc) is 3.66. The van der Waals surface area contributed by atoms with Gasteiger partial charge in [0.15, 0.2) is 5.65 Å². The van der Waals surface area contributed by atoms with Gasteiger partial charge in [0.2, 0.25) is 11.9 Å². The first kappa shape index (κ1) is 30.4. The topological polar surface area (TPSA) is 114 Å². The van der Waals surface area contributed by atoms with Gasteiger partial charge in [-0.3, -0.25) is 19.2 Å². The highest BCUT2D eigenvalue weighted by Crippen LogP contribution is 2.37. The number of anilines is 1. The molecule has 0 aliphatic carbocycles. The standard InChI is InChI=1S/C30H30ClF2N9O3/c1-34-20-5-11-39(12-6-20)21-7-13-40(14-8-21)26(43)18-41-17-24(37-29(44)23-16-36-42-10-2-9-35-28(23)42)27(38-41)22-15-19(31)3-4-25(22)45-30(32)33/h2-4,9-10,15-17,20-21,30H,5-8,11-14,18H2,(H,37,44). The zero-order valence-electron chi connectivity index (χ0n) is 24.2. The molecule has 0 unspecified atom stereocenters. The second-order valence-corrected chi connectivity index (χ2v) is 11.5. The summed E-state index contributed by atoms with van der Waals surface area (Å²) in [5, 5.41) is 11.7. The lowest BCUT2D eigenvalue weighted by molar-refractivity contribution is -0.133. The van der Waals surface area contributed by atoms with Gasteiger partial charge in [-0.15, -0.1) is 0 Å². The monoisotopic (exact) mass is 637 g/mol. The van der Waals surface area contributed by atoms with Crippen LogP contribution in [-0.4, -0.2) is 90.9 Å². The van der Waals surface area contributed by atoms with Crippen molar-refractivity contribution in [1.82, 2.24) is 34.2 Å². The predicted octanol–water partition coefficient (Wildman–Crippen LogP) is 4.47. The van der Waals surface area contributed by atoms with Crippen molar-refractivity contribution in [2.45, 2.75) is 50.9 Å². The number of ether oxygens (including phenoxy) is 1. The third kappa shape index (κ3) is 6.74. The Balaban J connectivity index is 1.22. The van der Waals surface area contributed by atoms with Gasteiger partial charge in [0.1, 0.15) is 23.6 Å². The second-order valence-electron chi connectivity index (χ2n) is 11.0. The molecule has 15 heteroatoms. The average molecular weight is 638 g/mol. The fourth-order valence-electron chi connectivity index (χ4n) is 5.95. The molecule has 12 nitrogen and oxygen atoms in total. The van der Waals surface area contributed by atoms with Crippen LogP contribution >= 0.6 is 11.6 Å². The smallest absolute Gasteiger partial charge is 0.387 e. The molecule has 6 rings (SSSR count). The zero-order chi connectivity index (χ0) is 31.5. The van der Waals surface area contributed by atoms with Gasteiger partial charge in [0.05, 0.1) is 11.9 Å². The summed E-state index contributed by atoms with van der Waals surface area (Å²) < 4.78 is 34.1. The molecule has 4 aromatic rings. The maximum Gasteiger partial charge on any atom is 0.387 e. The molecule has 0 saturated carbocycles. The number of hydrogen-bond acceptors (Lipinski definition) is 7. The van der Waals surface area contributed by atoms with Crippen LogP contribution in [0.4, 0.5) is 14.5 Å². The highest BCUT2D eigenvalue weighted by Gasteiger charge is 2.31. The second kappa shape index (κ2) is 13.2. The fraction of sp³-hybridized carbons (Fsp3) is 0.400. The van der Waals surface area contributed by atoms with E-state index >= 15 is 0 Å². The van der Waals surface area contributed by atoms with Crippen LogP contribution in [0, 0.1) is 6.57 Å². The summed E-state index contributed by atoms with van der Waals surface area (Å²) in [7, 11) is 0. The molecule has 3 aromatic heterocycles. The Morgan fingerprint density at radius 2 is 1.93 bits per heavy atom. The van der Waals surface area contributed by atoms with E-state index in [9.17, 15) is 18.4 Å². The number of rotatable bonds is 8. The Labute approximate surface area is 262 Å². The Kier molecular flexibility index (Phi) is 8.90. The van der Waals surface area contributed by atoms with Gasteiger partial charge in [-0.1, -0.05) is 11.6 Å². The number of nitrogens with one attached hydrogen (secondary N) is 1. The summed E-state index contributed by atoms with van der Waals surface area (Å²) in [4.78, 5) is 38.9. The van der Waals surface area contributed by atoms with E-state index in [4.69, 9.17) is 22.9 Å². The highest BCUT2D eigenvalue weighted by molar-refractivity contribution is 6.31. The van der Waals surface area contributed by atoms with E-state index in [2.05, 4.69) is 30.2 Å². The van der Waals surface area contributed by atoms with Crippen LogP contribution in [-0.2, 0) is 11.3 Å². The number of halogens is 3. The first-order valence-electron chi connectivity index (χ1n) is 14.6. The Hall–Kier alpha value is -4.61. The zero-order valence-corrected chi connectivity index (χ0v) is 24.9. The van der Waals surface area contributed by atoms with E-state index in [0.29, 0.717) is 24.8 Å². The summed E-state index contributed by atoms with van der Waals surface area (Å²) >= 11 is 6.22. The van der Waals surface area contributed by atoms with Gasteiger partial charge >= 0.3 is 6.61 Å². The normalized spacial score (nSPS) is 16.6. The molecular formula is C30H30ClF2N9O3. The molecule has 1 N–H and O–H groups in total. The summed E-state index contributed by atoms with van der Waals surface area (Å²) in [5.41, 5.74) is 0.876. The molecule has 0 spiro atoms. The van der Waals surface area contributed by atoms with Crippen LogP contribution < -0.4 is 10.1 Å². The lowest BCUT2D eigenvalue weighted by atomic mass is 9.98. The molecule has 45 heavy (non-hydrogen) atoms. The number of piperidine rings is 2. The minimum atomic E-state index is -3.11. The number of nitrogens with zero attached hydrogens (tertiary/aromatic N) is 8. The molecule has 234 valence electrons. The number of alkyl halides is 2. The molecule has 2 amide bonds. The SMILES string of the molecule is [C-]#[N+]C1CCN(C2CCN(C(=O)Cn3cc(NC(=O)c4cnn5cccnc45)c(-c4cc(Cl)ccc4OC(F)F)n3)CC2)CC1. The Morgan fingerprint density at radius 1 is 1.16 bits per heavy atom. The quantitative estimate of drug-likeness (QED) is 0.284. The van der Waals surface area contributed by atoms with Gasteiger partial charge < -0.3 is 19.8 Å². The summed E-state index contributed by atoms with van der Waals surface area (Å²) in [5.74, 6) is -0.910. The van der Waals surface area contributed by atoms with E-state index < -0.39 is 12.5 Å². The number of aromatic nitrogens is 5. The number of benzene rings is 1. The van der Waals surface area contributed by atoms with Crippen molar-refractivity contribution in [3.05, 3.63) is 71.1 Å². The molecule has 2 aliphatic heterocycles. The van der Waals surface area contributed by atoms with E-state index in [1.165, 1.54) is 46.0 Å². The highest BCUT2D eigenvalue weighted by atomic mass is 35.5. The third-order valence-corrected chi connectivity index (χ3v) is 8.49. The third-order valence-electron chi connectivity index (χ3n) is 8.26. The molecule has 2 saturated heterocycles. The number of carbonyl (C=O) groups excluding carboxylic acids is 2. The van der Waals surface area contributed by atoms with Crippen molar-refractivity contribution in [2.24, 2.45) is 0 Å². The lowest BCUT2D eigenvalue weighted by Crippen LogP contribution is -2.49. The first-order chi connectivity index (χ1) is 21.8. The van der Waals surface area contributed by atoms with Crippen LogP contribution in [0.2, 0.25) is 5.02 Å². The lowest BCUT2D eigenvalue weighted by Gasteiger charge is -2.40. The molecule has 1 aromatic carbocycles. The molecule has 5 heterocycles. The molecule has 2 aliphatic rings. The van der Waals surface area contributed by atoms with Crippen LogP contribution in [0.25, 0.3) is 21.7 Å². The van der Waals surface area contributed by atoms with Gasteiger partial charge in [-0.2, -0.15) is 19.0 Å². The molecule has 0 radical (unpaired) electrons.